The predicted molar refractivity (Wildman–Crippen MR) is 88.0 cm³/mol. The number of nitrogens with one attached hydrogen (secondary N) is 2. The number of rotatable bonds is 4. The molecule has 0 saturated heterocycles. The van der Waals surface area contributed by atoms with Crippen LogP contribution >= 0.6 is 34.8 Å². The van der Waals surface area contributed by atoms with E-state index >= 15 is 0 Å². The molecular formula is C15H12Cl3FN2O. The van der Waals surface area contributed by atoms with Crippen LogP contribution in [0.1, 0.15) is 10.4 Å². The molecule has 0 aliphatic carbocycles. The Morgan fingerprint density at radius 3 is 2.18 bits per heavy atom. The maximum atomic E-state index is 13.7. The fourth-order valence-electron chi connectivity index (χ4n) is 1.74. The number of carbonyl (C=O) groups excluding carboxylic acids is 1. The number of para-hydroxylation sites is 1. The van der Waals surface area contributed by atoms with E-state index in [0.717, 1.165) is 0 Å². The molecule has 0 bridgehead atoms. The van der Waals surface area contributed by atoms with Gasteiger partial charge in [0.15, 0.2) is 0 Å². The van der Waals surface area contributed by atoms with Crippen molar-refractivity contribution in [2.24, 2.45) is 0 Å². The van der Waals surface area contributed by atoms with Crippen molar-refractivity contribution in [1.29, 1.82) is 0 Å². The maximum absolute atomic E-state index is 13.7. The molecule has 7 heteroatoms. The molecule has 0 heterocycles. The molecule has 0 fully saturated rings. The zero-order valence-electron chi connectivity index (χ0n) is 11.2. The summed E-state index contributed by atoms with van der Waals surface area (Å²) in [5, 5.41) is 5.22. The molecule has 0 aliphatic heterocycles. The number of alkyl halides is 3. The van der Waals surface area contributed by atoms with Crippen molar-refractivity contribution in [3.05, 3.63) is 66.0 Å². The topological polar surface area (TPSA) is 41.1 Å². The molecule has 1 atom stereocenters. The number of benzene rings is 2. The van der Waals surface area contributed by atoms with E-state index in [1.54, 1.807) is 36.4 Å². The van der Waals surface area contributed by atoms with Crippen LogP contribution in [0.3, 0.4) is 0 Å². The Labute approximate surface area is 142 Å². The van der Waals surface area contributed by atoms with Crippen LogP contribution in [0.2, 0.25) is 0 Å². The summed E-state index contributed by atoms with van der Waals surface area (Å²) in [6.07, 6.45) is -1.11. The van der Waals surface area contributed by atoms with Gasteiger partial charge in [0.05, 0.1) is 5.69 Å². The first-order valence-electron chi connectivity index (χ1n) is 6.31. The lowest BCUT2D eigenvalue weighted by molar-refractivity contribution is 0.0941. The van der Waals surface area contributed by atoms with Gasteiger partial charge in [0.25, 0.3) is 5.91 Å². The van der Waals surface area contributed by atoms with E-state index in [-0.39, 0.29) is 5.69 Å². The van der Waals surface area contributed by atoms with Gasteiger partial charge in [-0.2, -0.15) is 0 Å². The average molecular weight is 362 g/mol. The molecule has 116 valence electrons. The Morgan fingerprint density at radius 1 is 1.00 bits per heavy atom. The minimum Gasteiger partial charge on any atom is -0.359 e. The summed E-state index contributed by atoms with van der Waals surface area (Å²) in [6.45, 7) is 0. The molecule has 2 aromatic carbocycles. The number of anilines is 1. The van der Waals surface area contributed by atoms with Crippen LogP contribution in [0, 0.1) is 5.82 Å². The molecule has 1 amide bonds. The number of carbonyl (C=O) groups is 1. The van der Waals surface area contributed by atoms with Crippen LogP contribution in [0.25, 0.3) is 0 Å². The second-order valence-corrected chi connectivity index (χ2v) is 6.81. The standard InChI is InChI=1S/C15H12Cl3FN2O/c16-15(17,18)14(20-12-9-5-4-8-11(12)19)21-13(22)10-6-2-1-3-7-10/h1-9,14,20H,(H,21,22)/t14-/m1/s1. The van der Waals surface area contributed by atoms with Crippen LogP contribution in [0.4, 0.5) is 10.1 Å². The first kappa shape index (κ1) is 16.9. The zero-order chi connectivity index (χ0) is 16.2. The van der Waals surface area contributed by atoms with Crippen molar-refractivity contribution in [1.82, 2.24) is 5.32 Å². The Morgan fingerprint density at radius 2 is 1.59 bits per heavy atom. The lowest BCUT2D eigenvalue weighted by atomic mass is 10.2. The summed E-state index contributed by atoms with van der Waals surface area (Å²) in [6, 6.07) is 14.3. The van der Waals surface area contributed by atoms with Crippen LogP contribution in [-0.4, -0.2) is 15.9 Å². The smallest absolute Gasteiger partial charge is 0.252 e. The Bertz CT molecular complexity index is 647. The molecule has 0 radical (unpaired) electrons. The highest BCUT2D eigenvalue weighted by atomic mass is 35.6. The first-order valence-corrected chi connectivity index (χ1v) is 7.45. The molecule has 2 N–H and O–H groups in total. The average Bonchev–Trinajstić information content (AvgIpc) is 2.48. The summed E-state index contributed by atoms with van der Waals surface area (Å²) in [5.74, 6) is -0.962. The second kappa shape index (κ2) is 7.18. The van der Waals surface area contributed by atoms with Gasteiger partial charge in [-0.25, -0.2) is 4.39 Å². The molecule has 2 aromatic rings. The number of amides is 1. The SMILES string of the molecule is O=C(N[C@@H](Nc1ccccc1F)C(Cl)(Cl)Cl)c1ccccc1. The maximum Gasteiger partial charge on any atom is 0.252 e. The summed E-state index contributed by atoms with van der Waals surface area (Å²) in [7, 11) is 0. The van der Waals surface area contributed by atoms with E-state index in [2.05, 4.69) is 10.6 Å². The third kappa shape index (κ3) is 4.50. The lowest BCUT2D eigenvalue weighted by Gasteiger charge is -2.27. The Balaban J connectivity index is 2.18. The van der Waals surface area contributed by atoms with E-state index in [4.69, 9.17) is 34.8 Å². The summed E-state index contributed by atoms with van der Waals surface area (Å²) in [5.41, 5.74) is 0.518. The molecule has 0 unspecified atom stereocenters. The quantitative estimate of drug-likeness (QED) is 0.627. The second-order valence-electron chi connectivity index (χ2n) is 4.44. The van der Waals surface area contributed by atoms with E-state index in [1.165, 1.54) is 18.2 Å². The molecule has 3 nitrogen and oxygen atoms in total. The number of hydrogen-bond donors (Lipinski definition) is 2. The van der Waals surface area contributed by atoms with Crippen molar-refractivity contribution >= 4 is 46.4 Å². The number of hydrogen-bond acceptors (Lipinski definition) is 2. The van der Waals surface area contributed by atoms with Crippen molar-refractivity contribution in [2.75, 3.05) is 5.32 Å². The van der Waals surface area contributed by atoms with Gasteiger partial charge in [0.2, 0.25) is 3.79 Å². The minimum atomic E-state index is -1.87. The van der Waals surface area contributed by atoms with Crippen LogP contribution in [0.15, 0.2) is 54.6 Å². The highest BCUT2D eigenvalue weighted by Crippen LogP contribution is 2.31. The first-order chi connectivity index (χ1) is 10.4. The van der Waals surface area contributed by atoms with Gasteiger partial charge in [-0.1, -0.05) is 65.1 Å². The van der Waals surface area contributed by atoms with Gasteiger partial charge in [0.1, 0.15) is 12.0 Å². The summed E-state index contributed by atoms with van der Waals surface area (Å²) < 4.78 is 11.8. The van der Waals surface area contributed by atoms with E-state index in [9.17, 15) is 9.18 Å². The molecule has 22 heavy (non-hydrogen) atoms. The third-order valence-corrected chi connectivity index (χ3v) is 3.47. The third-order valence-electron chi connectivity index (χ3n) is 2.81. The van der Waals surface area contributed by atoms with Gasteiger partial charge in [-0.05, 0) is 24.3 Å². The Kier molecular flexibility index (Phi) is 5.51. The minimum absolute atomic E-state index is 0.118. The fraction of sp³-hybridized carbons (Fsp3) is 0.133. The number of halogens is 4. The van der Waals surface area contributed by atoms with Gasteiger partial charge >= 0.3 is 0 Å². The van der Waals surface area contributed by atoms with E-state index < -0.39 is 21.7 Å². The van der Waals surface area contributed by atoms with Crippen LogP contribution in [-0.2, 0) is 0 Å². The predicted octanol–water partition coefficient (Wildman–Crippen LogP) is 4.36. The zero-order valence-corrected chi connectivity index (χ0v) is 13.5. The van der Waals surface area contributed by atoms with Gasteiger partial charge in [-0.3, -0.25) is 4.79 Å². The lowest BCUT2D eigenvalue weighted by Crippen LogP contribution is -2.49. The van der Waals surface area contributed by atoms with Crippen LogP contribution in [0.5, 0.6) is 0 Å². The largest absolute Gasteiger partial charge is 0.359 e. The monoisotopic (exact) mass is 360 g/mol. The van der Waals surface area contributed by atoms with Gasteiger partial charge < -0.3 is 10.6 Å². The molecular weight excluding hydrogens is 350 g/mol. The fourth-order valence-corrected chi connectivity index (χ4v) is 2.06. The van der Waals surface area contributed by atoms with Crippen molar-refractivity contribution in [3.63, 3.8) is 0 Å². The van der Waals surface area contributed by atoms with Crippen molar-refractivity contribution in [2.45, 2.75) is 9.96 Å². The summed E-state index contributed by atoms with van der Waals surface area (Å²) >= 11 is 17.6. The molecule has 0 aliphatic rings. The van der Waals surface area contributed by atoms with Gasteiger partial charge in [0, 0.05) is 5.56 Å². The molecule has 0 aromatic heterocycles. The molecule has 0 spiro atoms. The van der Waals surface area contributed by atoms with Crippen molar-refractivity contribution in [3.8, 4) is 0 Å². The molecule has 0 saturated carbocycles. The summed E-state index contributed by atoms with van der Waals surface area (Å²) in [4.78, 5) is 12.2. The molecule has 2 rings (SSSR count). The highest BCUT2D eigenvalue weighted by molar-refractivity contribution is 6.68. The van der Waals surface area contributed by atoms with Gasteiger partial charge in [-0.15, -0.1) is 0 Å². The Hall–Kier alpha value is -1.49. The highest BCUT2D eigenvalue weighted by Gasteiger charge is 2.34. The normalized spacial score (nSPS) is 12.5. The van der Waals surface area contributed by atoms with Crippen LogP contribution < -0.4 is 10.6 Å². The van der Waals surface area contributed by atoms with E-state index in [1.807, 2.05) is 0 Å². The van der Waals surface area contributed by atoms with E-state index in [0.29, 0.717) is 5.56 Å². The van der Waals surface area contributed by atoms with Crippen molar-refractivity contribution < 1.29 is 9.18 Å².